The molecule has 0 aromatic rings. The normalized spacial score (nSPS) is 13.9. The molecule has 1 unspecified atom stereocenters. The van der Waals surface area contributed by atoms with E-state index in [1.54, 1.807) is 6.08 Å². The second-order valence-electron chi connectivity index (χ2n) is 5.01. The molecule has 0 saturated carbocycles. The van der Waals surface area contributed by atoms with Gasteiger partial charge in [0.1, 0.15) is 5.60 Å². The first-order valence-electron chi connectivity index (χ1n) is 5.11. The number of esters is 1. The molecule has 0 N–H and O–H groups in total. The van der Waals surface area contributed by atoms with Crippen molar-refractivity contribution in [2.24, 2.45) is 11.8 Å². The van der Waals surface area contributed by atoms with E-state index in [1.165, 1.54) is 0 Å². The van der Waals surface area contributed by atoms with Gasteiger partial charge in [-0.1, -0.05) is 19.9 Å². The Morgan fingerprint density at radius 1 is 1.43 bits per heavy atom. The van der Waals surface area contributed by atoms with E-state index in [0.29, 0.717) is 5.92 Å². The number of carbonyl (C=O) groups is 1. The van der Waals surface area contributed by atoms with Crippen LogP contribution in [-0.2, 0) is 9.53 Å². The van der Waals surface area contributed by atoms with Gasteiger partial charge >= 0.3 is 5.97 Å². The summed E-state index contributed by atoms with van der Waals surface area (Å²) >= 11 is 0. The van der Waals surface area contributed by atoms with Crippen LogP contribution in [0.15, 0.2) is 12.7 Å². The first-order valence-corrected chi connectivity index (χ1v) is 5.11. The monoisotopic (exact) mass is 198 g/mol. The van der Waals surface area contributed by atoms with Crippen molar-refractivity contribution in [3.8, 4) is 0 Å². The number of hydrogen-bond donors (Lipinski definition) is 0. The molecular formula is C12H22O2. The summed E-state index contributed by atoms with van der Waals surface area (Å²) in [6, 6.07) is 0. The molecule has 14 heavy (non-hydrogen) atoms. The van der Waals surface area contributed by atoms with Crippen LogP contribution in [0.1, 0.15) is 41.0 Å². The number of ether oxygens (including phenoxy) is 1. The second-order valence-corrected chi connectivity index (χ2v) is 5.01. The molecular weight excluding hydrogens is 176 g/mol. The predicted molar refractivity (Wildman–Crippen MR) is 59.0 cm³/mol. The second kappa shape index (κ2) is 5.18. The molecule has 2 heteroatoms. The molecule has 0 fully saturated rings. The Morgan fingerprint density at radius 2 is 1.93 bits per heavy atom. The van der Waals surface area contributed by atoms with Crippen molar-refractivity contribution in [3.05, 3.63) is 12.7 Å². The van der Waals surface area contributed by atoms with E-state index >= 15 is 0 Å². The molecule has 0 bridgehead atoms. The van der Waals surface area contributed by atoms with E-state index in [1.807, 2.05) is 20.8 Å². The van der Waals surface area contributed by atoms with Gasteiger partial charge in [0.05, 0.1) is 5.92 Å². The van der Waals surface area contributed by atoms with E-state index in [9.17, 15) is 4.79 Å². The SMILES string of the molecule is C=CC(CC(C)C)C(=O)OC(C)(C)C. The van der Waals surface area contributed by atoms with Crippen molar-refractivity contribution in [1.82, 2.24) is 0 Å². The summed E-state index contributed by atoms with van der Waals surface area (Å²) in [7, 11) is 0. The molecule has 0 aromatic heterocycles. The summed E-state index contributed by atoms with van der Waals surface area (Å²) in [6.45, 7) is 13.5. The fourth-order valence-electron chi connectivity index (χ4n) is 1.17. The van der Waals surface area contributed by atoms with Gasteiger partial charge in [0.2, 0.25) is 0 Å². The van der Waals surface area contributed by atoms with Crippen LogP contribution in [0.5, 0.6) is 0 Å². The number of hydrogen-bond acceptors (Lipinski definition) is 2. The molecule has 0 aliphatic heterocycles. The molecule has 0 aliphatic rings. The topological polar surface area (TPSA) is 26.3 Å². The van der Waals surface area contributed by atoms with Crippen molar-refractivity contribution in [3.63, 3.8) is 0 Å². The van der Waals surface area contributed by atoms with Crippen LogP contribution in [-0.4, -0.2) is 11.6 Å². The zero-order valence-electron chi connectivity index (χ0n) is 9.96. The van der Waals surface area contributed by atoms with Gasteiger partial charge in [-0.05, 0) is 33.1 Å². The van der Waals surface area contributed by atoms with E-state index in [4.69, 9.17) is 4.74 Å². The maximum absolute atomic E-state index is 11.6. The lowest BCUT2D eigenvalue weighted by Gasteiger charge is -2.23. The van der Waals surface area contributed by atoms with Gasteiger partial charge < -0.3 is 4.74 Å². The summed E-state index contributed by atoms with van der Waals surface area (Å²) < 4.78 is 5.28. The Morgan fingerprint density at radius 3 is 2.21 bits per heavy atom. The van der Waals surface area contributed by atoms with Gasteiger partial charge in [0.15, 0.2) is 0 Å². The van der Waals surface area contributed by atoms with Gasteiger partial charge in [-0.3, -0.25) is 4.79 Å². The summed E-state index contributed by atoms with van der Waals surface area (Å²) in [5, 5.41) is 0. The summed E-state index contributed by atoms with van der Waals surface area (Å²) in [5.41, 5.74) is -0.407. The van der Waals surface area contributed by atoms with Crippen LogP contribution in [0.3, 0.4) is 0 Å². The molecule has 0 aliphatic carbocycles. The van der Waals surface area contributed by atoms with Gasteiger partial charge in [0.25, 0.3) is 0 Å². The minimum atomic E-state index is -0.407. The lowest BCUT2D eigenvalue weighted by atomic mass is 9.97. The molecule has 2 nitrogen and oxygen atoms in total. The van der Waals surface area contributed by atoms with Gasteiger partial charge in [-0.25, -0.2) is 0 Å². The maximum atomic E-state index is 11.6. The highest BCUT2D eigenvalue weighted by atomic mass is 16.6. The predicted octanol–water partition coefficient (Wildman–Crippen LogP) is 3.18. The standard InChI is InChI=1S/C12H22O2/c1-7-10(8-9(2)3)11(13)14-12(4,5)6/h7,9-10H,1,8H2,2-6H3. The van der Waals surface area contributed by atoms with Crippen LogP contribution in [0.2, 0.25) is 0 Å². The molecule has 0 rings (SSSR count). The minimum absolute atomic E-state index is 0.166. The Bertz CT molecular complexity index is 199. The van der Waals surface area contributed by atoms with Gasteiger partial charge in [0, 0.05) is 0 Å². The van der Waals surface area contributed by atoms with Crippen molar-refractivity contribution in [2.75, 3.05) is 0 Å². The summed E-state index contributed by atoms with van der Waals surface area (Å²) in [4.78, 5) is 11.6. The van der Waals surface area contributed by atoms with Crippen LogP contribution < -0.4 is 0 Å². The molecule has 0 spiro atoms. The molecule has 0 amide bonds. The minimum Gasteiger partial charge on any atom is -0.460 e. The zero-order chi connectivity index (χ0) is 11.4. The van der Waals surface area contributed by atoms with Crippen molar-refractivity contribution in [1.29, 1.82) is 0 Å². The van der Waals surface area contributed by atoms with Crippen molar-refractivity contribution < 1.29 is 9.53 Å². The van der Waals surface area contributed by atoms with E-state index in [0.717, 1.165) is 6.42 Å². The van der Waals surface area contributed by atoms with Gasteiger partial charge in [-0.2, -0.15) is 0 Å². The Kier molecular flexibility index (Phi) is 4.89. The average Bonchev–Trinajstić information content (AvgIpc) is 1.96. The average molecular weight is 198 g/mol. The number of rotatable bonds is 4. The quantitative estimate of drug-likeness (QED) is 0.512. The third-order valence-electron chi connectivity index (χ3n) is 1.72. The molecule has 82 valence electrons. The first kappa shape index (κ1) is 13.2. The fourth-order valence-corrected chi connectivity index (χ4v) is 1.17. The molecule has 1 atom stereocenters. The highest BCUT2D eigenvalue weighted by Gasteiger charge is 2.23. The largest absolute Gasteiger partial charge is 0.460 e. The van der Waals surface area contributed by atoms with Crippen LogP contribution in [0, 0.1) is 11.8 Å². The van der Waals surface area contributed by atoms with E-state index < -0.39 is 5.60 Å². The van der Waals surface area contributed by atoms with Crippen molar-refractivity contribution in [2.45, 2.75) is 46.6 Å². The highest BCUT2D eigenvalue weighted by Crippen LogP contribution is 2.18. The fraction of sp³-hybridized carbons (Fsp3) is 0.750. The first-order chi connectivity index (χ1) is 6.26. The van der Waals surface area contributed by atoms with Crippen LogP contribution in [0.25, 0.3) is 0 Å². The molecule has 0 heterocycles. The summed E-state index contributed by atoms with van der Waals surface area (Å²) in [5.74, 6) is 0.140. The lowest BCUT2D eigenvalue weighted by Crippen LogP contribution is -2.28. The van der Waals surface area contributed by atoms with Gasteiger partial charge in [-0.15, -0.1) is 6.58 Å². The molecule has 0 aromatic carbocycles. The molecule has 0 radical (unpaired) electrons. The molecule has 0 saturated heterocycles. The smallest absolute Gasteiger partial charge is 0.313 e. The lowest BCUT2D eigenvalue weighted by molar-refractivity contribution is -0.158. The highest BCUT2D eigenvalue weighted by molar-refractivity contribution is 5.74. The maximum Gasteiger partial charge on any atom is 0.313 e. The summed E-state index contributed by atoms with van der Waals surface area (Å²) in [6.07, 6.45) is 2.48. The number of carbonyl (C=O) groups excluding carboxylic acids is 1. The third-order valence-corrected chi connectivity index (χ3v) is 1.72. The Hall–Kier alpha value is -0.790. The van der Waals surface area contributed by atoms with Crippen molar-refractivity contribution >= 4 is 5.97 Å². The Labute approximate surface area is 87.3 Å². The van der Waals surface area contributed by atoms with Crippen LogP contribution in [0.4, 0.5) is 0 Å². The zero-order valence-corrected chi connectivity index (χ0v) is 9.96. The Balaban J connectivity index is 4.25. The van der Waals surface area contributed by atoms with Crippen LogP contribution >= 0.6 is 0 Å². The van der Waals surface area contributed by atoms with E-state index in [2.05, 4.69) is 20.4 Å². The third kappa shape index (κ3) is 5.79. The van der Waals surface area contributed by atoms with E-state index in [-0.39, 0.29) is 11.9 Å².